The van der Waals surface area contributed by atoms with Crippen LogP contribution in [-0.2, 0) is 14.3 Å². The number of oxazole rings is 1. The third-order valence-electron chi connectivity index (χ3n) is 3.34. The molecule has 1 aliphatic rings. The van der Waals surface area contributed by atoms with Gasteiger partial charge in [0.2, 0.25) is 0 Å². The van der Waals surface area contributed by atoms with Crippen molar-refractivity contribution in [3.63, 3.8) is 0 Å². The smallest absolute Gasteiger partial charge is 0.319 e. The van der Waals surface area contributed by atoms with Gasteiger partial charge in [-0.1, -0.05) is 0 Å². The summed E-state index contributed by atoms with van der Waals surface area (Å²) < 4.78 is 9.90. The van der Waals surface area contributed by atoms with Gasteiger partial charge in [-0.2, -0.15) is 0 Å². The molecule has 0 aliphatic heterocycles. The summed E-state index contributed by atoms with van der Waals surface area (Å²) in [5, 5.41) is 0. The maximum absolute atomic E-state index is 11.8. The van der Waals surface area contributed by atoms with Crippen LogP contribution in [0.1, 0.15) is 31.4 Å². The fraction of sp³-hybridized carbons (Fsp3) is 0.545. The minimum atomic E-state index is -1.13. The SMILES string of the molecule is COC(=O)[C@]1(C)C(=O)CCC1c1cnco1. The number of Topliss-reactive ketones (excluding diaryl/α,β-unsaturated/α-hetero) is 1. The van der Waals surface area contributed by atoms with Gasteiger partial charge in [-0.05, 0) is 13.3 Å². The molecule has 0 aromatic carbocycles. The van der Waals surface area contributed by atoms with Crippen molar-refractivity contribution in [2.45, 2.75) is 25.7 Å². The molecule has 1 aliphatic carbocycles. The first kappa shape index (κ1) is 10.9. The minimum Gasteiger partial charge on any atom is -0.468 e. The molecule has 5 heteroatoms. The summed E-state index contributed by atoms with van der Waals surface area (Å²) in [6, 6.07) is 0. The summed E-state index contributed by atoms with van der Waals surface area (Å²) in [5.41, 5.74) is -1.13. The van der Waals surface area contributed by atoms with Gasteiger partial charge in [0.05, 0.1) is 13.3 Å². The lowest BCUT2D eigenvalue weighted by Gasteiger charge is -2.25. The van der Waals surface area contributed by atoms with Crippen molar-refractivity contribution < 1.29 is 18.7 Å². The largest absolute Gasteiger partial charge is 0.468 e. The van der Waals surface area contributed by atoms with Crippen LogP contribution in [0.4, 0.5) is 0 Å². The number of methoxy groups -OCH3 is 1. The highest BCUT2D eigenvalue weighted by Crippen LogP contribution is 2.47. The Hall–Kier alpha value is -1.65. The van der Waals surface area contributed by atoms with E-state index in [2.05, 4.69) is 4.98 Å². The van der Waals surface area contributed by atoms with E-state index in [0.717, 1.165) is 0 Å². The Kier molecular flexibility index (Phi) is 2.53. The Balaban J connectivity index is 2.40. The van der Waals surface area contributed by atoms with E-state index in [1.807, 2.05) is 0 Å². The zero-order chi connectivity index (χ0) is 11.8. The zero-order valence-corrected chi connectivity index (χ0v) is 9.23. The molecule has 0 spiro atoms. The van der Waals surface area contributed by atoms with Crippen LogP contribution in [0.25, 0.3) is 0 Å². The predicted octanol–water partition coefficient (Wildman–Crippen LogP) is 1.30. The Morgan fingerprint density at radius 3 is 3.00 bits per heavy atom. The Morgan fingerprint density at radius 2 is 2.44 bits per heavy atom. The number of carbonyl (C=O) groups excluding carboxylic acids is 2. The maximum Gasteiger partial charge on any atom is 0.319 e. The molecule has 0 N–H and O–H groups in total. The molecule has 86 valence electrons. The first-order valence-electron chi connectivity index (χ1n) is 5.10. The summed E-state index contributed by atoms with van der Waals surface area (Å²) in [5.74, 6) is -0.300. The van der Waals surface area contributed by atoms with Gasteiger partial charge in [0.15, 0.2) is 12.2 Å². The molecule has 0 saturated heterocycles. The highest BCUT2D eigenvalue weighted by Gasteiger charge is 2.54. The molecular formula is C11H13NO4. The fourth-order valence-corrected chi connectivity index (χ4v) is 2.31. The number of esters is 1. The normalized spacial score (nSPS) is 29.4. The van der Waals surface area contributed by atoms with Crippen molar-refractivity contribution >= 4 is 11.8 Å². The number of rotatable bonds is 2. The Bertz CT molecular complexity index is 412. The van der Waals surface area contributed by atoms with Crippen molar-refractivity contribution in [1.82, 2.24) is 4.98 Å². The average Bonchev–Trinajstić information content (AvgIpc) is 2.88. The second-order valence-electron chi connectivity index (χ2n) is 4.11. The van der Waals surface area contributed by atoms with Crippen LogP contribution in [0, 0.1) is 5.41 Å². The molecule has 1 saturated carbocycles. The van der Waals surface area contributed by atoms with Crippen molar-refractivity contribution in [3.8, 4) is 0 Å². The highest BCUT2D eigenvalue weighted by molar-refractivity contribution is 6.06. The van der Waals surface area contributed by atoms with E-state index in [0.29, 0.717) is 18.6 Å². The van der Waals surface area contributed by atoms with Crippen LogP contribution in [0.5, 0.6) is 0 Å². The average molecular weight is 223 g/mol. The van der Waals surface area contributed by atoms with Gasteiger partial charge >= 0.3 is 5.97 Å². The van der Waals surface area contributed by atoms with Crippen molar-refractivity contribution in [2.75, 3.05) is 7.11 Å². The van der Waals surface area contributed by atoms with E-state index in [4.69, 9.17) is 9.15 Å². The molecular weight excluding hydrogens is 210 g/mol. The summed E-state index contributed by atoms with van der Waals surface area (Å²) >= 11 is 0. The van der Waals surface area contributed by atoms with Crippen LogP contribution in [-0.4, -0.2) is 23.8 Å². The fourth-order valence-electron chi connectivity index (χ4n) is 2.31. The van der Waals surface area contributed by atoms with Gasteiger partial charge < -0.3 is 9.15 Å². The molecule has 1 fully saturated rings. The number of hydrogen-bond acceptors (Lipinski definition) is 5. The standard InChI is InChI=1S/C11H13NO4/c1-11(10(14)15-2)7(3-4-9(11)13)8-5-12-6-16-8/h5-7H,3-4H2,1-2H3/t7?,11-/m0/s1. The van der Waals surface area contributed by atoms with Gasteiger partial charge in [-0.15, -0.1) is 0 Å². The van der Waals surface area contributed by atoms with E-state index in [-0.39, 0.29) is 11.7 Å². The van der Waals surface area contributed by atoms with Crippen LogP contribution < -0.4 is 0 Å². The second-order valence-corrected chi connectivity index (χ2v) is 4.11. The number of aromatic nitrogens is 1. The quantitative estimate of drug-likeness (QED) is 0.558. The summed E-state index contributed by atoms with van der Waals surface area (Å²) in [7, 11) is 1.29. The van der Waals surface area contributed by atoms with Gasteiger partial charge in [-0.3, -0.25) is 9.59 Å². The van der Waals surface area contributed by atoms with Gasteiger partial charge in [-0.25, -0.2) is 4.98 Å². The molecule has 0 bridgehead atoms. The summed E-state index contributed by atoms with van der Waals surface area (Å²) in [6.45, 7) is 1.61. The van der Waals surface area contributed by atoms with Crippen molar-refractivity contribution in [2.24, 2.45) is 5.41 Å². The van der Waals surface area contributed by atoms with Gasteiger partial charge in [0, 0.05) is 12.3 Å². The molecule has 1 aromatic heterocycles. The van der Waals surface area contributed by atoms with Crippen LogP contribution >= 0.6 is 0 Å². The summed E-state index contributed by atoms with van der Waals surface area (Å²) in [4.78, 5) is 27.4. The monoisotopic (exact) mass is 223 g/mol. The molecule has 1 unspecified atom stereocenters. The van der Waals surface area contributed by atoms with Crippen molar-refractivity contribution in [1.29, 1.82) is 0 Å². The van der Waals surface area contributed by atoms with E-state index in [9.17, 15) is 9.59 Å². The lowest BCUT2D eigenvalue weighted by atomic mass is 9.78. The number of nitrogens with zero attached hydrogens (tertiary/aromatic N) is 1. The summed E-state index contributed by atoms with van der Waals surface area (Å²) in [6.07, 6.45) is 3.82. The van der Waals surface area contributed by atoms with Crippen LogP contribution in [0.3, 0.4) is 0 Å². The number of ketones is 1. The topological polar surface area (TPSA) is 69.4 Å². The lowest BCUT2D eigenvalue weighted by Crippen LogP contribution is -2.37. The number of ether oxygens (including phenoxy) is 1. The molecule has 2 rings (SSSR count). The molecule has 2 atom stereocenters. The first-order chi connectivity index (χ1) is 7.60. The van der Waals surface area contributed by atoms with E-state index < -0.39 is 11.4 Å². The second kappa shape index (κ2) is 3.73. The third kappa shape index (κ3) is 1.35. The van der Waals surface area contributed by atoms with Gasteiger partial charge in [0.25, 0.3) is 0 Å². The van der Waals surface area contributed by atoms with Crippen molar-refractivity contribution in [3.05, 3.63) is 18.4 Å². The number of hydrogen-bond donors (Lipinski definition) is 0. The Labute approximate surface area is 92.8 Å². The lowest BCUT2D eigenvalue weighted by molar-refractivity contribution is -0.156. The predicted molar refractivity (Wildman–Crippen MR) is 53.6 cm³/mol. The third-order valence-corrected chi connectivity index (χ3v) is 3.34. The molecule has 5 nitrogen and oxygen atoms in total. The van der Waals surface area contributed by atoms with E-state index in [1.165, 1.54) is 13.5 Å². The highest BCUT2D eigenvalue weighted by atomic mass is 16.5. The molecule has 1 aromatic rings. The van der Waals surface area contributed by atoms with E-state index in [1.54, 1.807) is 13.1 Å². The van der Waals surface area contributed by atoms with E-state index >= 15 is 0 Å². The molecule has 16 heavy (non-hydrogen) atoms. The Morgan fingerprint density at radius 1 is 1.69 bits per heavy atom. The van der Waals surface area contributed by atoms with Gasteiger partial charge in [0.1, 0.15) is 11.2 Å². The molecule has 0 radical (unpaired) electrons. The van der Waals surface area contributed by atoms with Crippen LogP contribution in [0.15, 0.2) is 17.0 Å². The molecule has 0 amide bonds. The first-order valence-corrected chi connectivity index (χ1v) is 5.10. The zero-order valence-electron chi connectivity index (χ0n) is 9.23. The maximum atomic E-state index is 11.8. The van der Waals surface area contributed by atoms with Crippen LogP contribution in [0.2, 0.25) is 0 Å². The minimum absolute atomic E-state index is 0.0965. The molecule has 1 heterocycles. The number of carbonyl (C=O) groups is 2.